The summed E-state index contributed by atoms with van der Waals surface area (Å²) in [5, 5.41) is 13.7. The number of nitro benzene ring substituents is 1. The molecule has 0 aliphatic carbocycles. The number of Topliss-reactive ketones (excluding diaryl/α,β-unsaturated/α-hetero) is 1. The maximum Gasteiger partial charge on any atom is 0.269 e. The van der Waals surface area contributed by atoms with Crippen molar-refractivity contribution in [1.82, 2.24) is 4.90 Å². The third-order valence-electron chi connectivity index (χ3n) is 5.57. The van der Waals surface area contributed by atoms with Crippen LogP contribution >= 0.6 is 0 Å². The Bertz CT molecular complexity index is 1280. The van der Waals surface area contributed by atoms with E-state index in [4.69, 9.17) is 0 Å². The van der Waals surface area contributed by atoms with Crippen LogP contribution in [0, 0.1) is 10.1 Å². The number of benzene rings is 3. The monoisotopic (exact) mass is 457 g/mol. The lowest BCUT2D eigenvalue weighted by atomic mass is 10.0. The summed E-state index contributed by atoms with van der Waals surface area (Å²) < 4.78 is 0. The lowest BCUT2D eigenvalue weighted by Crippen LogP contribution is -2.48. The molecule has 1 aliphatic rings. The third kappa shape index (κ3) is 4.31. The smallest absolute Gasteiger partial charge is 0.269 e. The summed E-state index contributed by atoms with van der Waals surface area (Å²) in [5.74, 6) is -1.91. The predicted octanol–water partition coefficient (Wildman–Crippen LogP) is 3.64. The van der Waals surface area contributed by atoms with Crippen molar-refractivity contribution in [2.45, 2.75) is 19.4 Å². The SMILES string of the molecule is CC(=O)c1ccc(NC(=O)[C@@H](Cc2ccc([N+](=O)[O-])cc2)N2C(=O)c3ccccc3C2=O)cc1. The Hall–Kier alpha value is -4.66. The minimum absolute atomic E-state index is 0.0408. The zero-order valence-corrected chi connectivity index (χ0v) is 18.1. The Morgan fingerprint density at radius 2 is 1.47 bits per heavy atom. The number of hydrogen-bond acceptors (Lipinski definition) is 6. The molecule has 0 bridgehead atoms. The maximum atomic E-state index is 13.3. The van der Waals surface area contributed by atoms with Crippen molar-refractivity contribution in [2.75, 3.05) is 5.32 Å². The van der Waals surface area contributed by atoms with Crippen LogP contribution in [0.15, 0.2) is 72.8 Å². The van der Waals surface area contributed by atoms with E-state index in [0.29, 0.717) is 16.8 Å². The van der Waals surface area contributed by atoms with Crippen LogP contribution in [0.2, 0.25) is 0 Å². The minimum Gasteiger partial charge on any atom is -0.324 e. The second-order valence-corrected chi connectivity index (χ2v) is 7.79. The van der Waals surface area contributed by atoms with Crippen molar-refractivity contribution >= 4 is 34.9 Å². The van der Waals surface area contributed by atoms with Gasteiger partial charge in [0, 0.05) is 29.8 Å². The van der Waals surface area contributed by atoms with Gasteiger partial charge in [0.25, 0.3) is 17.5 Å². The molecule has 170 valence electrons. The van der Waals surface area contributed by atoms with Gasteiger partial charge in [0.15, 0.2) is 5.78 Å². The fraction of sp³-hybridized carbons (Fsp3) is 0.120. The summed E-state index contributed by atoms with van der Waals surface area (Å²) in [6, 6.07) is 16.9. The molecule has 0 aromatic heterocycles. The lowest BCUT2D eigenvalue weighted by molar-refractivity contribution is -0.384. The fourth-order valence-corrected chi connectivity index (χ4v) is 3.78. The summed E-state index contributed by atoms with van der Waals surface area (Å²) in [4.78, 5) is 62.3. The molecule has 1 aliphatic heterocycles. The quantitative estimate of drug-likeness (QED) is 0.250. The summed E-state index contributed by atoms with van der Waals surface area (Å²) in [6.45, 7) is 1.43. The van der Waals surface area contributed by atoms with Crippen molar-refractivity contribution < 1.29 is 24.1 Å². The van der Waals surface area contributed by atoms with E-state index in [-0.39, 0.29) is 29.0 Å². The highest BCUT2D eigenvalue weighted by Crippen LogP contribution is 2.27. The van der Waals surface area contributed by atoms with Gasteiger partial charge < -0.3 is 5.32 Å². The van der Waals surface area contributed by atoms with E-state index >= 15 is 0 Å². The second-order valence-electron chi connectivity index (χ2n) is 7.79. The summed E-state index contributed by atoms with van der Waals surface area (Å²) >= 11 is 0. The van der Waals surface area contributed by atoms with E-state index in [1.165, 1.54) is 43.3 Å². The van der Waals surface area contributed by atoms with E-state index in [1.54, 1.807) is 36.4 Å². The van der Waals surface area contributed by atoms with Gasteiger partial charge >= 0.3 is 0 Å². The highest BCUT2D eigenvalue weighted by molar-refractivity contribution is 6.23. The van der Waals surface area contributed by atoms with E-state index in [2.05, 4.69) is 5.32 Å². The highest BCUT2D eigenvalue weighted by atomic mass is 16.6. The number of nitro groups is 1. The number of rotatable bonds is 7. The van der Waals surface area contributed by atoms with E-state index < -0.39 is 28.7 Å². The van der Waals surface area contributed by atoms with Crippen LogP contribution in [0.4, 0.5) is 11.4 Å². The number of non-ortho nitro benzene ring substituents is 1. The van der Waals surface area contributed by atoms with Gasteiger partial charge in [-0.3, -0.25) is 34.2 Å². The largest absolute Gasteiger partial charge is 0.324 e. The number of nitrogens with one attached hydrogen (secondary N) is 1. The summed E-state index contributed by atoms with van der Waals surface area (Å²) in [7, 11) is 0. The Morgan fingerprint density at radius 3 is 1.97 bits per heavy atom. The first-order valence-corrected chi connectivity index (χ1v) is 10.4. The number of anilines is 1. The molecule has 0 saturated carbocycles. The van der Waals surface area contributed by atoms with Gasteiger partial charge in [-0.05, 0) is 48.9 Å². The van der Waals surface area contributed by atoms with Crippen molar-refractivity contribution in [1.29, 1.82) is 0 Å². The maximum absolute atomic E-state index is 13.3. The molecule has 0 spiro atoms. The number of nitrogens with zero attached hydrogens (tertiary/aromatic N) is 2. The van der Waals surface area contributed by atoms with Crippen LogP contribution < -0.4 is 5.32 Å². The van der Waals surface area contributed by atoms with Crippen LogP contribution in [-0.2, 0) is 11.2 Å². The number of imide groups is 1. The molecule has 3 amide bonds. The average Bonchev–Trinajstić information content (AvgIpc) is 3.08. The molecule has 4 rings (SSSR count). The van der Waals surface area contributed by atoms with E-state index in [0.717, 1.165) is 4.90 Å². The minimum atomic E-state index is -1.21. The molecule has 3 aromatic carbocycles. The van der Waals surface area contributed by atoms with Gasteiger partial charge in [-0.1, -0.05) is 24.3 Å². The van der Waals surface area contributed by atoms with Crippen molar-refractivity contribution in [3.63, 3.8) is 0 Å². The normalized spacial score (nSPS) is 13.4. The molecular weight excluding hydrogens is 438 g/mol. The molecule has 0 unspecified atom stereocenters. The Morgan fingerprint density at radius 1 is 0.912 bits per heavy atom. The second kappa shape index (κ2) is 9.07. The molecule has 3 aromatic rings. The van der Waals surface area contributed by atoms with Crippen LogP contribution in [-0.4, -0.2) is 39.4 Å². The molecule has 34 heavy (non-hydrogen) atoms. The fourth-order valence-electron chi connectivity index (χ4n) is 3.78. The number of carbonyl (C=O) groups is 4. The van der Waals surface area contributed by atoms with Gasteiger partial charge in [-0.2, -0.15) is 0 Å². The number of ketones is 1. The van der Waals surface area contributed by atoms with Crippen LogP contribution in [0.1, 0.15) is 43.6 Å². The number of hydrogen-bond donors (Lipinski definition) is 1. The highest BCUT2D eigenvalue weighted by Gasteiger charge is 2.42. The van der Waals surface area contributed by atoms with E-state index in [1.807, 2.05) is 0 Å². The average molecular weight is 457 g/mol. The third-order valence-corrected chi connectivity index (χ3v) is 5.57. The van der Waals surface area contributed by atoms with Crippen molar-refractivity contribution in [2.24, 2.45) is 0 Å². The van der Waals surface area contributed by atoms with Crippen LogP contribution in [0.5, 0.6) is 0 Å². The number of fused-ring (bicyclic) bond motifs is 1. The van der Waals surface area contributed by atoms with Gasteiger partial charge in [0.05, 0.1) is 16.1 Å². The first-order chi connectivity index (χ1) is 16.3. The molecule has 0 saturated heterocycles. The number of carbonyl (C=O) groups excluding carboxylic acids is 4. The molecular formula is C25H19N3O6. The molecule has 1 heterocycles. The van der Waals surface area contributed by atoms with Gasteiger partial charge in [-0.15, -0.1) is 0 Å². The molecule has 1 atom stereocenters. The van der Waals surface area contributed by atoms with E-state index in [9.17, 15) is 29.3 Å². The zero-order valence-electron chi connectivity index (χ0n) is 18.1. The molecule has 0 fully saturated rings. The van der Waals surface area contributed by atoms with Crippen LogP contribution in [0.25, 0.3) is 0 Å². The topological polar surface area (TPSA) is 127 Å². The molecule has 0 radical (unpaired) electrons. The van der Waals surface area contributed by atoms with Crippen LogP contribution in [0.3, 0.4) is 0 Å². The standard InChI is InChI=1S/C25H19N3O6/c1-15(29)17-8-10-18(11-9-17)26-23(30)22(14-16-6-12-19(13-7-16)28(33)34)27-24(31)20-4-2-3-5-21(20)25(27)32/h2-13,22H,14H2,1H3,(H,26,30)/t22-/m1/s1. The molecule has 1 N–H and O–H groups in total. The van der Waals surface area contributed by atoms with Gasteiger partial charge in [0.2, 0.25) is 5.91 Å². The first kappa shape index (κ1) is 22.5. The molecule has 9 nitrogen and oxygen atoms in total. The molecule has 9 heteroatoms. The van der Waals surface area contributed by atoms with Gasteiger partial charge in [0.1, 0.15) is 6.04 Å². The first-order valence-electron chi connectivity index (χ1n) is 10.4. The summed E-state index contributed by atoms with van der Waals surface area (Å²) in [6.07, 6.45) is -0.0408. The van der Waals surface area contributed by atoms with Gasteiger partial charge in [-0.25, -0.2) is 0 Å². The van der Waals surface area contributed by atoms with Crippen molar-refractivity contribution in [3.05, 3.63) is 105 Å². The Labute approximate surface area is 194 Å². The zero-order chi connectivity index (χ0) is 24.4. The number of amides is 3. The Kier molecular flexibility index (Phi) is 6.01. The predicted molar refractivity (Wildman–Crippen MR) is 123 cm³/mol. The Balaban J connectivity index is 1.65. The lowest BCUT2D eigenvalue weighted by Gasteiger charge is -2.25. The summed E-state index contributed by atoms with van der Waals surface area (Å²) in [5.41, 5.74) is 1.70. The van der Waals surface area contributed by atoms with Crippen molar-refractivity contribution in [3.8, 4) is 0 Å².